The zero-order valence-corrected chi connectivity index (χ0v) is 17.4. The molecule has 0 radical (unpaired) electrons. The van der Waals surface area contributed by atoms with Crippen molar-refractivity contribution in [3.63, 3.8) is 0 Å². The number of carbonyl (C=O) groups is 1. The standard InChI is InChI=1S/C20H15ClF3N3O3S/c1-12-7-8-25-18(9-12)26-19(28)16-11-15(5-6-17(16)21)31(29,30)27-14-4-2-3-13(10-14)20(22,23)24/h2-11,27H,1H3,(H,25,26,28). The molecular formula is C20H15ClF3N3O3S. The number of carbonyl (C=O) groups excluding carboxylic acids is 1. The average molecular weight is 470 g/mol. The van der Waals surface area contributed by atoms with Gasteiger partial charge in [-0.2, -0.15) is 13.2 Å². The van der Waals surface area contributed by atoms with Crippen molar-refractivity contribution in [3.05, 3.63) is 82.5 Å². The minimum absolute atomic E-state index is 0.0110. The molecule has 6 nitrogen and oxygen atoms in total. The summed E-state index contributed by atoms with van der Waals surface area (Å²) >= 11 is 6.05. The molecule has 1 heterocycles. The molecular weight excluding hydrogens is 455 g/mol. The second kappa shape index (κ2) is 8.56. The molecule has 0 atom stereocenters. The highest BCUT2D eigenvalue weighted by Crippen LogP contribution is 2.31. The predicted molar refractivity (Wildman–Crippen MR) is 111 cm³/mol. The summed E-state index contributed by atoms with van der Waals surface area (Å²) in [7, 11) is -4.30. The van der Waals surface area contributed by atoms with E-state index in [0.29, 0.717) is 6.07 Å². The van der Waals surface area contributed by atoms with Crippen molar-refractivity contribution in [1.82, 2.24) is 4.98 Å². The van der Waals surface area contributed by atoms with Gasteiger partial charge in [0.25, 0.3) is 15.9 Å². The van der Waals surface area contributed by atoms with E-state index in [9.17, 15) is 26.4 Å². The third-order valence-corrected chi connectivity index (χ3v) is 5.80. The Balaban J connectivity index is 1.88. The lowest BCUT2D eigenvalue weighted by atomic mass is 10.2. The molecule has 3 rings (SSSR count). The Hall–Kier alpha value is -3.11. The Bertz CT molecular complexity index is 1250. The molecule has 0 aliphatic heterocycles. The van der Waals surface area contributed by atoms with Crippen molar-refractivity contribution >= 4 is 39.0 Å². The predicted octanol–water partition coefficient (Wildman–Crippen LogP) is 5.12. The minimum Gasteiger partial charge on any atom is -0.307 e. The molecule has 11 heteroatoms. The number of halogens is 4. The molecule has 0 bridgehead atoms. The van der Waals surface area contributed by atoms with Gasteiger partial charge in [-0.05, 0) is 61.0 Å². The number of hydrogen-bond acceptors (Lipinski definition) is 4. The molecule has 31 heavy (non-hydrogen) atoms. The number of nitrogens with one attached hydrogen (secondary N) is 2. The van der Waals surface area contributed by atoms with Crippen LogP contribution in [0.3, 0.4) is 0 Å². The molecule has 0 spiro atoms. The van der Waals surface area contributed by atoms with Crippen LogP contribution in [0.1, 0.15) is 21.5 Å². The van der Waals surface area contributed by atoms with Crippen LogP contribution in [0.2, 0.25) is 5.02 Å². The Kier molecular flexibility index (Phi) is 6.23. The summed E-state index contributed by atoms with van der Waals surface area (Å²) in [5, 5.41) is 2.51. The van der Waals surface area contributed by atoms with E-state index in [1.165, 1.54) is 18.3 Å². The zero-order valence-electron chi connectivity index (χ0n) is 15.9. The van der Waals surface area contributed by atoms with Gasteiger partial charge in [0.15, 0.2) is 0 Å². The fraction of sp³-hybridized carbons (Fsp3) is 0.100. The van der Waals surface area contributed by atoms with Crippen LogP contribution in [0.5, 0.6) is 0 Å². The van der Waals surface area contributed by atoms with Crippen LogP contribution in [0, 0.1) is 6.92 Å². The third kappa shape index (κ3) is 5.53. The van der Waals surface area contributed by atoms with E-state index in [2.05, 4.69) is 15.0 Å². The number of benzene rings is 2. The van der Waals surface area contributed by atoms with Crippen molar-refractivity contribution < 1.29 is 26.4 Å². The monoisotopic (exact) mass is 469 g/mol. The van der Waals surface area contributed by atoms with Crippen LogP contribution >= 0.6 is 11.6 Å². The molecule has 0 saturated heterocycles. The van der Waals surface area contributed by atoms with Gasteiger partial charge in [0.05, 0.1) is 21.0 Å². The number of sulfonamides is 1. The van der Waals surface area contributed by atoms with E-state index < -0.39 is 27.7 Å². The molecule has 0 unspecified atom stereocenters. The molecule has 0 fully saturated rings. The molecule has 0 saturated carbocycles. The number of alkyl halides is 3. The summed E-state index contributed by atoms with van der Waals surface area (Å²) < 4.78 is 66.0. The maximum Gasteiger partial charge on any atom is 0.416 e. The van der Waals surface area contributed by atoms with E-state index in [1.54, 1.807) is 19.1 Å². The quantitative estimate of drug-likeness (QED) is 0.543. The Morgan fingerprint density at radius 1 is 1.06 bits per heavy atom. The average Bonchev–Trinajstić information content (AvgIpc) is 2.67. The van der Waals surface area contributed by atoms with Gasteiger partial charge in [0.2, 0.25) is 0 Å². The molecule has 2 N–H and O–H groups in total. The maximum atomic E-state index is 12.9. The number of anilines is 2. The minimum atomic E-state index is -4.63. The topological polar surface area (TPSA) is 88.2 Å². The molecule has 1 aromatic heterocycles. The van der Waals surface area contributed by atoms with Gasteiger partial charge >= 0.3 is 6.18 Å². The lowest BCUT2D eigenvalue weighted by molar-refractivity contribution is -0.137. The number of amides is 1. The maximum absolute atomic E-state index is 12.9. The third-order valence-electron chi connectivity index (χ3n) is 4.09. The van der Waals surface area contributed by atoms with Gasteiger partial charge in [-0.15, -0.1) is 0 Å². The molecule has 3 aromatic rings. The highest BCUT2D eigenvalue weighted by molar-refractivity contribution is 7.92. The van der Waals surface area contributed by atoms with Crippen molar-refractivity contribution in [2.24, 2.45) is 0 Å². The van der Waals surface area contributed by atoms with E-state index in [1.807, 2.05) is 0 Å². The Labute approximate surface area is 181 Å². The first-order chi connectivity index (χ1) is 14.5. The summed E-state index contributed by atoms with van der Waals surface area (Å²) in [6.07, 6.45) is -3.14. The summed E-state index contributed by atoms with van der Waals surface area (Å²) in [5.74, 6) is -0.448. The van der Waals surface area contributed by atoms with Crippen LogP contribution in [0.15, 0.2) is 65.7 Å². The fourth-order valence-corrected chi connectivity index (χ4v) is 3.89. The van der Waals surface area contributed by atoms with Gasteiger partial charge in [0, 0.05) is 11.9 Å². The number of aryl methyl sites for hydroxylation is 1. The normalized spacial score (nSPS) is 11.8. The summed E-state index contributed by atoms with van der Waals surface area (Å²) in [6, 6.07) is 10.5. The van der Waals surface area contributed by atoms with E-state index in [4.69, 9.17) is 11.6 Å². The molecule has 0 aliphatic carbocycles. The number of aromatic nitrogens is 1. The zero-order chi connectivity index (χ0) is 22.8. The van der Waals surface area contributed by atoms with Crippen LogP contribution in [-0.4, -0.2) is 19.3 Å². The van der Waals surface area contributed by atoms with E-state index in [0.717, 1.165) is 29.8 Å². The van der Waals surface area contributed by atoms with Crippen molar-refractivity contribution in [2.75, 3.05) is 10.0 Å². The van der Waals surface area contributed by atoms with Gasteiger partial charge in [0.1, 0.15) is 5.82 Å². The SMILES string of the molecule is Cc1ccnc(NC(=O)c2cc(S(=O)(=O)Nc3cccc(C(F)(F)F)c3)ccc2Cl)c1. The molecule has 2 aromatic carbocycles. The number of rotatable bonds is 5. The smallest absolute Gasteiger partial charge is 0.307 e. The fourth-order valence-electron chi connectivity index (χ4n) is 2.61. The van der Waals surface area contributed by atoms with Gasteiger partial charge in [-0.25, -0.2) is 13.4 Å². The first-order valence-electron chi connectivity index (χ1n) is 8.69. The molecule has 162 valence electrons. The molecule has 0 aliphatic rings. The van der Waals surface area contributed by atoms with E-state index >= 15 is 0 Å². The lowest BCUT2D eigenvalue weighted by Crippen LogP contribution is -2.17. The van der Waals surface area contributed by atoms with Crippen molar-refractivity contribution in [2.45, 2.75) is 18.0 Å². The van der Waals surface area contributed by atoms with Crippen molar-refractivity contribution in [1.29, 1.82) is 0 Å². The largest absolute Gasteiger partial charge is 0.416 e. The highest BCUT2D eigenvalue weighted by Gasteiger charge is 2.31. The van der Waals surface area contributed by atoms with Gasteiger partial charge in [-0.3, -0.25) is 9.52 Å². The Morgan fingerprint density at radius 2 is 1.81 bits per heavy atom. The summed E-state index contributed by atoms with van der Waals surface area (Å²) in [6.45, 7) is 1.80. The molecule has 1 amide bonds. The van der Waals surface area contributed by atoms with Gasteiger partial charge < -0.3 is 5.32 Å². The number of pyridine rings is 1. The lowest BCUT2D eigenvalue weighted by Gasteiger charge is -2.13. The van der Waals surface area contributed by atoms with E-state index in [-0.39, 0.29) is 27.0 Å². The Morgan fingerprint density at radius 3 is 2.48 bits per heavy atom. The summed E-state index contributed by atoms with van der Waals surface area (Å²) in [4.78, 5) is 16.2. The van der Waals surface area contributed by atoms with Crippen LogP contribution in [0.4, 0.5) is 24.7 Å². The highest BCUT2D eigenvalue weighted by atomic mass is 35.5. The van der Waals surface area contributed by atoms with Crippen LogP contribution in [0.25, 0.3) is 0 Å². The number of hydrogen-bond donors (Lipinski definition) is 2. The second-order valence-electron chi connectivity index (χ2n) is 6.50. The van der Waals surface area contributed by atoms with Crippen LogP contribution < -0.4 is 10.0 Å². The van der Waals surface area contributed by atoms with Crippen molar-refractivity contribution in [3.8, 4) is 0 Å². The first-order valence-corrected chi connectivity index (χ1v) is 10.6. The van der Waals surface area contributed by atoms with Gasteiger partial charge in [-0.1, -0.05) is 17.7 Å². The van der Waals surface area contributed by atoms with Crippen LogP contribution in [-0.2, 0) is 16.2 Å². The first kappa shape index (κ1) is 22.6. The number of nitrogens with zero attached hydrogens (tertiary/aromatic N) is 1. The second-order valence-corrected chi connectivity index (χ2v) is 8.59. The summed E-state index contributed by atoms with van der Waals surface area (Å²) in [5.41, 5.74) is -0.579.